The second-order valence-electron chi connectivity index (χ2n) is 17.7. The molecule has 358 valence electrons. The first-order valence-electron chi connectivity index (χ1n) is 22.7. The van der Waals surface area contributed by atoms with E-state index in [1.54, 1.807) is 12.1 Å². The van der Waals surface area contributed by atoms with Crippen LogP contribution < -0.4 is 24.5 Å². The molecule has 4 aromatic carbocycles. The summed E-state index contributed by atoms with van der Waals surface area (Å²) in [4.78, 5) is 32.2. The van der Waals surface area contributed by atoms with E-state index in [0.717, 1.165) is 62.0 Å². The molecule has 1 aliphatic carbocycles. The Hall–Kier alpha value is -5.52. The summed E-state index contributed by atoms with van der Waals surface area (Å²) in [6.45, 7) is -0.0269. The monoisotopic (exact) mass is 991 g/mol. The van der Waals surface area contributed by atoms with Crippen molar-refractivity contribution < 1.29 is 55.5 Å². The Balaban J connectivity index is 0.821. The van der Waals surface area contributed by atoms with Gasteiger partial charge in [0, 0.05) is 31.6 Å². The first-order valence-corrected chi connectivity index (χ1v) is 24.9. The fraction of sp³-hybridized carbons (Fsp3) is 0.380. The number of alkyl carbamates (subject to hydrolysis) is 1. The number of hydrogen-bond acceptors (Lipinski definition) is 10. The number of H-pyrrole nitrogens is 1. The number of piperidine rings is 3. The Morgan fingerprint density at radius 1 is 0.794 bits per heavy atom. The number of carbonyl (C=O) groups excluding carboxylic acids is 2. The minimum atomic E-state index is -3.98. The van der Waals surface area contributed by atoms with Crippen molar-refractivity contribution in [2.45, 2.75) is 68.5 Å². The van der Waals surface area contributed by atoms with Crippen LogP contribution in [0.5, 0.6) is 17.2 Å². The number of benzene rings is 4. The minimum Gasteiger partial charge on any atom is -0.489 e. The number of esters is 1. The van der Waals surface area contributed by atoms with Crippen LogP contribution in [0.2, 0.25) is 10.0 Å². The predicted molar refractivity (Wildman–Crippen MR) is 247 cm³/mol. The molecule has 4 aliphatic heterocycles. The molecule has 3 atom stereocenters. The van der Waals surface area contributed by atoms with Gasteiger partial charge in [0.1, 0.15) is 34.6 Å². The summed E-state index contributed by atoms with van der Waals surface area (Å²) in [5, 5.41) is 3.66. The number of rotatable bonds is 19. The summed E-state index contributed by atoms with van der Waals surface area (Å²) in [6.07, 6.45) is 5.47. The van der Waals surface area contributed by atoms with E-state index >= 15 is 0 Å². The van der Waals surface area contributed by atoms with Crippen molar-refractivity contribution in [3.63, 3.8) is 0 Å². The molecule has 10 rings (SSSR count). The van der Waals surface area contributed by atoms with Gasteiger partial charge in [-0.2, -0.15) is 13.1 Å². The number of amides is 1. The summed E-state index contributed by atoms with van der Waals surface area (Å²) in [5.41, 5.74) is 3.29. The maximum Gasteiger partial charge on any atom is 0.408 e. The molecule has 5 aliphatic rings. The number of halogens is 4. The number of carbonyl (C=O) groups is 2. The van der Waals surface area contributed by atoms with E-state index in [1.165, 1.54) is 47.0 Å². The molecular weight excluding hydrogens is 942 g/mol. The molecule has 4 saturated heterocycles. The number of fused-ring (bicyclic) bond motifs is 3. The number of hydrogen-bond donors (Lipinski definition) is 1. The van der Waals surface area contributed by atoms with Gasteiger partial charge in [-0.05, 0) is 109 Å². The fourth-order valence-corrected chi connectivity index (χ4v) is 10.9. The molecular formula is C50H51Cl2F2N4O9S+. The lowest BCUT2D eigenvalue weighted by Crippen LogP contribution is -2.53. The van der Waals surface area contributed by atoms with E-state index in [0.29, 0.717) is 35.3 Å². The molecule has 5 heterocycles. The fourth-order valence-electron chi connectivity index (χ4n) is 8.82. The third kappa shape index (κ3) is 11.5. The van der Waals surface area contributed by atoms with Gasteiger partial charge in [-0.1, -0.05) is 83.9 Å². The molecule has 0 radical (unpaired) electrons. The zero-order chi connectivity index (χ0) is 47.4. The summed E-state index contributed by atoms with van der Waals surface area (Å²) < 4.78 is 84.0. The Morgan fingerprint density at radius 2 is 1.51 bits per heavy atom. The number of ether oxygens (including phenoxy) is 5. The number of nitrogens with zero attached hydrogens (tertiary/aromatic N) is 2. The Bertz CT molecular complexity index is 2670. The van der Waals surface area contributed by atoms with Crippen LogP contribution in [-0.4, -0.2) is 81.7 Å². The molecule has 18 heteroatoms. The van der Waals surface area contributed by atoms with E-state index < -0.39 is 46.8 Å². The third-order valence-corrected chi connectivity index (χ3v) is 15.5. The first-order chi connectivity index (χ1) is 32.9. The van der Waals surface area contributed by atoms with Crippen LogP contribution in [0.3, 0.4) is 0 Å². The Kier molecular flexibility index (Phi) is 14.7. The van der Waals surface area contributed by atoms with Crippen LogP contribution in [0.25, 0.3) is 0 Å². The van der Waals surface area contributed by atoms with E-state index in [2.05, 4.69) is 15.2 Å². The van der Waals surface area contributed by atoms with Crippen LogP contribution in [0.15, 0.2) is 114 Å². The number of nitrogens with one attached hydrogen (secondary N) is 2. The van der Waals surface area contributed by atoms with Gasteiger partial charge in [0.15, 0.2) is 23.9 Å². The molecule has 2 bridgehead atoms. The van der Waals surface area contributed by atoms with Gasteiger partial charge in [-0.3, -0.25) is 9.69 Å². The quantitative estimate of drug-likeness (QED) is 0.0797. The van der Waals surface area contributed by atoms with Crippen LogP contribution in [0.4, 0.5) is 13.6 Å². The predicted octanol–water partition coefficient (Wildman–Crippen LogP) is 8.83. The van der Waals surface area contributed by atoms with Crippen molar-refractivity contribution >= 4 is 45.3 Å². The van der Waals surface area contributed by atoms with Crippen LogP contribution in [0, 0.1) is 17.8 Å². The summed E-state index contributed by atoms with van der Waals surface area (Å²) >= 11 is 13.0. The van der Waals surface area contributed by atoms with Crippen LogP contribution in [0.1, 0.15) is 65.6 Å². The molecule has 13 nitrogen and oxygen atoms in total. The smallest absolute Gasteiger partial charge is 0.408 e. The average Bonchev–Trinajstić information content (AvgIpc) is 4.16. The minimum absolute atomic E-state index is 0.0209. The second-order valence-corrected chi connectivity index (χ2v) is 20.4. The molecule has 1 saturated carbocycles. The van der Waals surface area contributed by atoms with E-state index in [4.69, 9.17) is 46.9 Å². The number of pyridine rings is 1. The standard InChI is InChI=1S/C50H50Cl2F2N4O9S/c51-41-24-55-25-42(52)40(41)23-44(35-13-16-43(66-49(53)54)45(22-35)64-30-31-9-10-31)65-48(59)37-26-58(27-37)68(61,62)39-14-11-32(12-15-39)29-63-38-8-4-7-36(21-38)47(34-5-2-1-3-6-34)56-50(60)67-46-28-57-19-17-33(46)18-20-57/h1-8,11-16,21-22,24-25,31,33,37,44,46-47,49H,9-10,17-20,23,26-30H2,(H,56,60)/p+1/t44-,46-,47-/m0/s1. The highest BCUT2D eigenvalue weighted by molar-refractivity contribution is 7.89. The normalized spacial score (nSPS) is 20.2. The zero-order valence-corrected chi connectivity index (χ0v) is 39.2. The third-order valence-electron chi connectivity index (χ3n) is 13.0. The van der Waals surface area contributed by atoms with Gasteiger partial charge in [0.25, 0.3) is 0 Å². The molecule has 0 spiro atoms. The maximum atomic E-state index is 13.7. The molecule has 5 aromatic rings. The Morgan fingerprint density at radius 3 is 2.19 bits per heavy atom. The molecule has 1 amide bonds. The topological polar surface area (TPSA) is 147 Å². The second kappa shape index (κ2) is 21.0. The van der Waals surface area contributed by atoms with E-state index in [9.17, 15) is 26.8 Å². The highest BCUT2D eigenvalue weighted by Crippen LogP contribution is 2.39. The van der Waals surface area contributed by atoms with Crippen molar-refractivity contribution in [2.24, 2.45) is 17.8 Å². The molecule has 1 aromatic heterocycles. The average molecular weight is 993 g/mol. The molecule has 0 unspecified atom stereocenters. The number of aromatic amines is 1. The van der Waals surface area contributed by atoms with Crippen LogP contribution in [-0.2, 0) is 37.3 Å². The number of aromatic nitrogens is 1. The van der Waals surface area contributed by atoms with Gasteiger partial charge in [-0.15, -0.1) is 0 Å². The van der Waals surface area contributed by atoms with Crippen molar-refractivity contribution in [1.29, 1.82) is 0 Å². The van der Waals surface area contributed by atoms with E-state index in [-0.39, 0.29) is 58.7 Å². The van der Waals surface area contributed by atoms with Crippen LogP contribution >= 0.6 is 23.2 Å². The highest BCUT2D eigenvalue weighted by Gasteiger charge is 2.43. The lowest BCUT2D eigenvalue weighted by atomic mass is 9.86. The number of sulfonamides is 1. The van der Waals surface area contributed by atoms with Gasteiger partial charge >= 0.3 is 18.7 Å². The highest BCUT2D eigenvalue weighted by atomic mass is 35.5. The van der Waals surface area contributed by atoms with E-state index in [1.807, 2.05) is 54.6 Å². The molecule has 5 fully saturated rings. The van der Waals surface area contributed by atoms with Gasteiger partial charge in [0.05, 0.1) is 23.5 Å². The van der Waals surface area contributed by atoms with Crippen molar-refractivity contribution in [1.82, 2.24) is 14.5 Å². The van der Waals surface area contributed by atoms with Gasteiger partial charge < -0.3 is 29.0 Å². The summed E-state index contributed by atoms with van der Waals surface area (Å²) in [7, 11) is -3.98. The zero-order valence-electron chi connectivity index (χ0n) is 36.9. The SMILES string of the molecule is O=C(N[C@@H](c1ccccc1)c1cccc(OCc2ccc(S(=O)(=O)N3CC(C(=O)O[C@@H](Cc4c(Cl)c[nH+]cc4Cl)c4ccc(OC(F)F)c(OCC5CC5)c4)C3)cc2)c1)O[C@H]1CN2CCC1CC2. The van der Waals surface area contributed by atoms with Gasteiger partial charge in [0.2, 0.25) is 10.0 Å². The maximum absolute atomic E-state index is 13.7. The summed E-state index contributed by atoms with van der Waals surface area (Å²) in [5.74, 6) is -0.285. The first kappa shape index (κ1) is 47.5. The summed E-state index contributed by atoms with van der Waals surface area (Å²) in [6, 6.07) is 27.3. The van der Waals surface area contributed by atoms with Crippen molar-refractivity contribution in [2.75, 3.05) is 39.3 Å². The Labute approximate surface area is 403 Å². The molecule has 68 heavy (non-hydrogen) atoms. The molecule has 2 N–H and O–H groups in total. The van der Waals surface area contributed by atoms with Gasteiger partial charge in [-0.25, -0.2) is 18.2 Å². The lowest BCUT2D eigenvalue weighted by molar-refractivity contribution is -0.377. The van der Waals surface area contributed by atoms with Crippen molar-refractivity contribution in [3.05, 3.63) is 147 Å². The largest absolute Gasteiger partial charge is 0.489 e. The van der Waals surface area contributed by atoms with Crippen molar-refractivity contribution in [3.8, 4) is 17.2 Å². The lowest BCUT2D eigenvalue weighted by Gasteiger charge is -2.43. The number of alkyl halides is 2.